The van der Waals surface area contributed by atoms with Gasteiger partial charge in [-0.3, -0.25) is 0 Å². The first-order valence-electron chi connectivity index (χ1n) is 6.29. The lowest BCUT2D eigenvalue weighted by atomic mass is 10.2. The van der Waals surface area contributed by atoms with Gasteiger partial charge in [-0.25, -0.2) is 0 Å². The Morgan fingerprint density at radius 2 is 2.18 bits per heavy atom. The number of nitrogens with one attached hydrogen (secondary N) is 1. The van der Waals surface area contributed by atoms with Crippen LogP contribution in [0, 0.1) is 0 Å². The van der Waals surface area contributed by atoms with Crippen molar-refractivity contribution in [1.29, 1.82) is 0 Å². The summed E-state index contributed by atoms with van der Waals surface area (Å²) < 4.78 is 5.01. The molecule has 1 rings (SSSR count). The minimum Gasteiger partial charge on any atom is -0.385 e. The van der Waals surface area contributed by atoms with Crippen molar-refractivity contribution < 1.29 is 4.74 Å². The Morgan fingerprint density at radius 3 is 2.82 bits per heavy atom. The van der Waals surface area contributed by atoms with E-state index in [1.165, 1.54) is 9.75 Å². The second kappa shape index (κ2) is 8.64. The van der Waals surface area contributed by atoms with Gasteiger partial charge in [-0.2, -0.15) is 0 Å². The van der Waals surface area contributed by atoms with E-state index in [-0.39, 0.29) is 6.04 Å². The third-order valence-corrected chi connectivity index (χ3v) is 3.92. The van der Waals surface area contributed by atoms with Gasteiger partial charge in [-0.15, -0.1) is 11.3 Å². The van der Waals surface area contributed by atoms with Gasteiger partial charge in [0.25, 0.3) is 0 Å². The van der Waals surface area contributed by atoms with Gasteiger partial charge in [0.05, 0.1) is 0 Å². The summed E-state index contributed by atoms with van der Waals surface area (Å²) in [7, 11) is 1.73. The highest BCUT2D eigenvalue weighted by Gasteiger charge is 2.03. The van der Waals surface area contributed by atoms with Gasteiger partial charge < -0.3 is 15.8 Å². The molecule has 0 radical (unpaired) electrons. The molecule has 17 heavy (non-hydrogen) atoms. The van der Waals surface area contributed by atoms with Gasteiger partial charge in [-0.1, -0.05) is 6.92 Å². The minimum absolute atomic E-state index is 0.232. The molecule has 0 aliphatic carbocycles. The Balaban J connectivity index is 2.10. The summed E-state index contributed by atoms with van der Waals surface area (Å²) in [6, 6.07) is 4.64. The Bertz CT molecular complexity index is 301. The van der Waals surface area contributed by atoms with Crippen molar-refractivity contribution in [2.24, 2.45) is 5.73 Å². The second-order valence-corrected chi connectivity index (χ2v) is 5.50. The molecule has 0 aliphatic heterocycles. The van der Waals surface area contributed by atoms with Gasteiger partial charge in [0.1, 0.15) is 0 Å². The topological polar surface area (TPSA) is 47.3 Å². The third-order valence-electron chi connectivity index (χ3n) is 2.69. The molecule has 0 fully saturated rings. The molecular weight excluding hydrogens is 232 g/mol. The van der Waals surface area contributed by atoms with Crippen molar-refractivity contribution in [3.8, 4) is 0 Å². The van der Waals surface area contributed by atoms with E-state index in [4.69, 9.17) is 10.5 Å². The molecule has 98 valence electrons. The maximum absolute atomic E-state index is 6.00. The number of hydrogen-bond donors (Lipinski definition) is 2. The van der Waals surface area contributed by atoms with Crippen molar-refractivity contribution >= 4 is 11.3 Å². The summed E-state index contributed by atoms with van der Waals surface area (Å²) >= 11 is 1.88. The van der Waals surface area contributed by atoms with E-state index in [0.29, 0.717) is 0 Å². The van der Waals surface area contributed by atoms with Crippen molar-refractivity contribution in [2.45, 2.75) is 38.8 Å². The molecule has 0 bridgehead atoms. The van der Waals surface area contributed by atoms with Gasteiger partial charge >= 0.3 is 0 Å². The van der Waals surface area contributed by atoms with Crippen LogP contribution in [-0.2, 0) is 17.7 Å². The lowest BCUT2D eigenvalue weighted by Crippen LogP contribution is -2.33. The van der Waals surface area contributed by atoms with E-state index in [1.807, 2.05) is 11.3 Å². The standard InChI is InChI=1S/C13H24N2OS/c1-3-12-6-7-13(17-12)10-15-9-11(14)5-4-8-16-2/h6-7,11,15H,3-5,8-10,14H2,1-2H3. The molecule has 1 heterocycles. The van der Waals surface area contributed by atoms with Crippen LogP contribution in [0.1, 0.15) is 29.5 Å². The fourth-order valence-electron chi connectivity index (χ4n) is 1.68. The molecule has 0 saturated heterocycles. The van der Waals surface area contributed by atoms with Crippen molar-refractivity contribution in [2.75, 3.05) is 20.3 Å². The van der Waals surface area contributed by atoms with E-state index in [2.05, 4.69) is 24.4 Å². The Morgan fingerprint density at radius 1 is 1.41 bits per heavy atom. The van der Waals surface area contributed by atoms with E-state index in [1.54, 1.807) is 7.11 Å². The first-order chi connectivity index (χ1) is 8.26. The van der Waals surface area contributed by atoms with Crippen LogP contribution in [0.2, 0.25) is 0 Å². The van der Waals surface area contributed by atoms with Crippen LogP contribution in [0.15, 0.2) is 12.1 Å². The molecule has 0 amide bonds. The van der Waals surface area contributed by atoms with Crippen LogP contribution in [-0.4, -0.2) is 26.3 Å². The summed E-state index contributed by atoms with van der Waals surface area (Å²) in [5, 5.41) is 3.41. The quantitative estimate of drug-likeness (QED) is 0.666. The zero-order valence-electron chi connectivity index (χ0n) is 10.9. The molecule has 0 saturated carbocycles. The number of hydrogen-bond acceptors (Lipinski definition) is 4. The van der Waals surface area contributed by atoms with Crippen molar-refractivity contribution in [3.63, 3.8) is 0 Å². The first-order valence-corrected chi connectivity index (χ1v) is 7.10. The number of rotatable bonds is 9. The predicted molar refractivity (Wildman–Crippen MR) is 74.5 cm³/mol. The smallest absolute Gasteiger partial charge is 0.0462 e. The molecule has 0 aliphatic rings. The molecule has 1 unspecified atom stereocenters. The highest BCUT2D eigenvalue weighted by Crippen LogP contribution is 2.16. The predicted octanol–water partition coefficient (Wildman–Crippen LogP) is 2.15. The second-order valence-electron chi connectivity index (χ2n) is 4.25. The molecular formula is C13H24N2OS. The number of aryl methyl sites for hydroxylation is 1. The summed E-state index contributed by atoms with van der Waals surface area (Å²) in [5.41, 5.74) is 6.00. The molecule has 3 nitrogen and oxygen atoms in total. The van der Waals surface area contributed by atoms with Gasteiger partial charge in [0, 0.05) is 42.6 Å². The maximum atomic E-state index is 6.00. The van der Waals surface area contributed by atoms with Crippen LogP contribution in [0.5, 0.6) is 0 Å². The average Bonchev–Trinajstić information content (AvgIpc) is 2.77. The van der Waals surface area contributed by atoms with Crippen molar-refractivity contribution in [3.05, 3.63) is 21.9 Å². The van der Waals surface area contributed by atoms with E-state index in [9.17, 15) is 0 Å². The van der Waals surface area contributed by atoms with Crippen LogP contribution in [0.3, 0.4) is 0 Å². The summed E-state index contributed by atoms with van der Waals surface area (Å²) in [4.78, 5) is 2.84. The summed E-state index contributed by atoms with van der Waals surface area (Å²) in [6.45, 7) is 4.80. The number of nitrogens with two attached hydrogens (primary N) is 1. The lowest BCUT2D eigenvalue weighted by Gasteiger charge is -2.11. The van der Waals surface area contributed by atoms with Gasteiger partial charge in [0.2, 0.25) is 0 Å². The van der Waals surface area contributed by atoms with Crippen LogP contribution < -0.4 is 11.1 Å². The van der Waals surface area contributed by atoms with E-state index < -0.39 is 0 Å². The van der Waals surface area contributed by atoms with Gasteiger partial charge in [-0.05, 0) is 31.4 Å². The van der Waals surface area contributed by atoms with Crippen LogP contribution in [0.4, 0.5) is 0 Å². The van der Waals surface area contributed by atoms with Crippen LogP contribution in [0.25, 0.3) is 0 Å². The number of ether oxygens (including phenoxy) is 1. The zero-order valence-corrected chi connectivity index (χ0v) is 11.7. The monoisotopic (exact) mass is 256 g/mol. The number of methoxy groups -OCH3 is 1. The molecule has 0 spiro atoms. The molecule has 0 aromatic carbocycles. The highest BCUT2D eigenvalue weighted by atomic mass is 32.1. The first kappa shape index (κ1) is 14.6. The largest absolute Gasteiger partial charge is 0.385 e. The average molecular weight is 256 g/mol. The Kier molecular flexibility index (Phi) is 7.44. The van der Waals surface area contributed by atoms with E-state index in [0.717, 1.165) is 39.0 Å². The SMILES string of the molecule is CCc1ccc(CNCC(N)CCCOC)s1. The normalized spacial score (nSPS) is 12.9. The fraction of sp³-hybridized carbons (Fsp3) is 0.692. The highest BCUT2D eigenvalue weighted by molar-refractivity contribution is 7.11. The lowest BCUT2D eigenvalue weighted by molar-refractivity contribution is 0.190. The summed E-state index contributed by atoms with van der Waals surface area (Å²) in [5.74, 6) is 0. The molecule has 4 heteroatoms. The summed E-state index contributed by atoms with van der Waals surface area (Å²) in [6.07, 6.45) is 3.19. The van der Waals surface area contributed by atoms with Gasteiger partial charge in [0.15, 0.2) is 0 Å². The molecule has 1 aromatic rings. The fourth-order valence-corrected chi connectivity index (χ4v) is 2.61. The van der Waals surface area contributed by atoms with Crippen LogP contribution >= 0.6 is 11.3 Å². The maximum Gasteiger partial charge on any atom is 0.0462 e. The number of thiophene rings is 1. The molecule has 3 N–H and O–H groups in total. The van der Waals surface area contributed by atoms with E-state index >= 15 is 0 Å². The molecule has 1 aromatic heterocycles. The molecule has 1 atom stereocenters. The zero-order chi connectivity index (χ0) is 12.5. The Hall–Kier alpha value is -0.420. The van der Waals surface area contributed by atoms with Crippen molar-refractivity contribution in [1.82, 2.24) is 5.32 Å². The Labute approximate surface area is 108 Å². The minimum atomic E-state index is 0.232. The third kappa shape index (κ3) is 6.17.